The summed E-state index contributed by atoms with van der Waals surface area (Å²) in [6.07, 6.45) is 0. The minimum absolute atomic E-state index is 0.0748. The van der Waals surface area contributed by atoms with Gasteiger partial charge in [-0.2, -0.15) is 0 Å². The highest BCUT2D eigenvalue weighted by Gasteiger charge is 2.10. The molecule has 3 rings (SSSR count). The number of hydrogen-bond acceptors (Lipinski definition) is 6. The molecule has 0 fully saturated rings. The Morgan fingerprint density at radius 3 is 2.67 bits per heavy atom. The third kappa shape index (κ3) is 3.72. The van der Waals surface area contributed by atoms with Gasteiger partial charge in [-0.3, -0.25) is 4.79 Å². The Kier molecular flexibility index (Phi) is 4.46. The molecule has 1 aromatic carbocycles. The average Bonchev–Trinajstić information content (AvgIpc) is 2.99. The van der Waals surface area contributed by atoms with Crippen LogP contribution in [0.25, 0.3) is 0 Å². The van der Waals surface area contributed by atoms with Gasteiger partial charge >= 0.3 is 0 Å². The Labute approximate surface area is 136 Å². The average molecular weight is 327 g/mol. The second-order valence-corrected chi connectivity index (χ2v) is 5.03. The predicted molar refractivity (Wildman–Crippen MR) is 84.1 cm³/mol. The van der Waals surface area contributed by atoms with Crippen molar-refractivity contribution in [2.75, 3.05) is 5.32 Å². The molecule has 0 spiro atoms. The maximum atomic E-state index is 13.5. The molecule has 2 aromatic heterocycles. The SMILES string of the molecule is Cc1cc(Nc2ccc(C(=O)NCc3ccccc3F)nn2)no1. The van der Waals surface area contributed by atoms with Crippen molar-refractivity contribution in [2.24, 2.45) is 0 Å². The fourth-order valence-electron chi connectivity index (χ4n) is 1.98. The van der Waals surface area contributed by atoms with Crippen molar-refractivity contribution in [1.29, 1.82) is 0 Å². The lowest BCUT2D eigenvalue weighted by Gasteiger charge is -2.06. The van der Waals surface area contributed by atoms with Crippen LogP contribution < -0.4 is 10.6 Å². The third-order valence-electron chi connectivity index (χ3n) is 3.18. The minimum atomic E-state index is -0.436. The number of nitrogens with zero attached hydrogens (tertiary/aromatic N) is 3. The summed E-state index contributed by atoms with van der Waals surface area (Å²) in [4.78, 5) is 12.0. The van der Waals surface area contributed by atoms with Crippen molar-refractivity contribution in [2.45, 2.75) is 13.5 Å². The summed E-state index contributed by atoms with van der Waals surface area (Å²) in [5.41, 5.74) is 0.534. The van der Waals surface area contributed by atoms with Crippen LogP contribution >= 0.6 is 0 Å². The van der Waals surface area contributed by atoms with Crippen LogP contribution in [0.2, 0.25) is 0 Å². The minimum Gasteiger partial charge on any atom is -0.360 e. The zero-order valence-corrected chi connectivity index (χ0v) is 12.8. The van der Waals surface area contributed by atoms with E-state index in [1.165, 1.54) is 12.1 Å². The van der Waals surface area contributed by atoms with E-state index in [0.29, 0.717) is 23.0 Å². The van der Waals surface area contributed by atoms with Gasteiger partial charge in [-0.05, 0) is 25.1 Å². The number of anilines is 2. The van der Waals surface area contributed by atoms with E-state index in [0.717, 1.165) is 0 Å². The fourth-order valence-corrected chi connectivity index (χ4v) is 1.98. The summed E-state index contributed by atoms with van der Waals surface area (Å²) in [6, 6.07) is 11.1. The van der Waals surface area contributed by atoms with Gasteiger partial charge in [-0.25, -0.2) is 4.39 Å². The first-order valence-corrected chi connectivity index (χ1v) is 7.17. The largest absolute Gasteiger partial charge is 0.360 e. The molecule has 0 atom stereocenters. The third-order valence-corrected chi connectivity index (χ3v) is 3.18. The number of halogens is 1. The molecule has 2 heterocycles. The quantitative estimate of drug-likeness (QED) is 0.748. The molecular formula is C16H14FN5O2. The van der Waals surface area contributed by atoms with Crippen LogP contribution in [0.4, 0.5) is 16.0 Å². The maximum absolute atomic E-state index is 13.5. The number of amides is 1. The highest BCUT2D eigenvalue weighted by molar-refractivity contribution is 5.92. The molecule has 0 radical (unpaired) electrons. The summed E-state index contributed by atoms with van der Waals surface area (Å²) < 4.78 is 18.4. The van der Waals surface area contributed by atoms with E-state index in [-0.39, 0.29) is 18.1 Å². The van der Waals surface area contributed by atoms with E-state index in [4.69, 9.17) is 4.52 Å². The Morgan fingerprint density at radius 2 is 2.00 bits per heavy atom. The number of nitrogens with one attached hydrogen (secondary N) is 2. The van der Waals surface area contributed by atoms with E-state index in [2.05, 4.69) is 26.0 Å². The molecule has 0 aliphatic rings. The first kappa shape index (κ1) is 15.6. The Bertz CT molecular complexity index is 848. The van der Waals surface area contributed by atoms with Crippen LogP contribution in [0, 0.1) is 12.7 Å². The van der Waals surface area contributed by atoms with Crippen molar-refractivity contribution in [3.8, 4) is 0 Å². The highest BCUT2D eigenvalue weighted by atomic mass is 19.1. The van der Waals surface area contributed by atoms with Gasteiger partial charge in [0.25, 0.3) is 5.91 Å². The molecule has 0 saturated heterocycles. The number of carbonyl (C=O) groups is 1. The Morgan fingerprint density at radius 1 is 1.17 bits per heavy atom. The normalized spacial score (nSPS) is 10.4. The van der Waals surface area contributed by atoms with Crippen molar-refractivity contribution in [3.05, 3.63) is 65.3 Å². The predicted octanol–water partition coefficient (Wildman–Crippen LogP) is 2.59. The zero-order chi connectivity index (χ0) is 16.9. The van der Waals surface area contributed by atoms with E-state index < -0.39 is 5.91 Å². The number of benzene rings is 1. The lowest BCUT2D eigenvalue weighted by molar-refractivity contribution is 0.0944. The first-order valence-electron chi connectivity index (χ1n) is 7.17. The molecule has 0 bridgehead atoms. The Balaban J connectivity index is 1.60. The van der Waals surface area contributed by atoms with Crippen LogP contribution in [-0.2, 0) is 6.54 Å². The lowest BCUT2D eigenvalue weighted by atomic mass is 10.2. The molecule has 0 aliphatic heterocycles. The Hall–Kier alpha value is -3.29. The van der Waals surface area contributed by atoms with Crippen LogP contribution in [0.5, 0.6) is 0 Å². The van der Waals surface area contributed by atoms with Gasteiger partial charge in [0.15, 0.2) is 17.3 Å². The van der Waals surface area contributed by atoms with Crippen LogP contribution in [0.3, 0.4) is 0 Å². The molecule has 8 heteroatoms. The topological polar surface area (TPSA) is 92.9 Å². The summed E-state index contributed by atoms with van der Waals surface area (Å²) >= 11 is 0. The van der Waals surface area contributed by atoms with Gasteiger partial charge in [-0.15, -0.1) is 10.2 Å². The van der Waals surface area contributed by atoms with Crippen LogP contribution in [0.15, 0.2) is 47.0 Å². The molecule has 3 aromatic rings. The van der Waals surface area contributed by atoms with E-state index in [1.807, 2.05) is 0 Å². The number of hydrogen-bond donors (Lipinski definition) is 2. The van der Waals surface area contributed by atoms with Gasteiger partial charge in [0.1, 0.15) is 11.6 Å². The fraction of sp³-hybridized carbons (Fsp3) is 0.125. The standard InChI is InChI=1S/C16H14FN5O2/c1-10-8-15(22-24-10)19-14-7-6-13(20-21-14)16(23)18-9-11-4-2-3-5-12(11)17/h2-8H,9H2,1H3,(H,18,23)(H,19,21,22). The molecule has 7 nitrogen and oxygen atoms in total. The lowest BCUT2D eigenvalue weighted by Crippen LogP contribution is -2.24. The van der Waals surface area contributed by atoms with Crippen molar-refractivity contribution < 1.29 is 13.7 Å². The summed E-state index contributed by atoms with van der Waals surface area (Å²) in [5.74, 6) is 0.781. The second kappa shape index (κ2) is 6.86. The molecule has 2 N–H and O–H groups in total. The van der Waals surface area contributed by atoms with Gasteiger partial charge in [0.05, 0.1) is 0 Å². The maximum Gasteiger partial charge on any atom is 0.272 e. The van der Waals surface area contributed by atoms with Crippen LogP contribution in [-0.4, -0.2) is 21.3 Å². The highest BCUT2D eigenvalue weighted by Crippen LogP contribution is 2.13. The van der Waals surface area contributed by atoms with Crippen LogP contribution in [0.1, 0.15) is 21.8 Å². The first-order chi connectivity index (χ1) is 11.6. The van der Waals surface area contributed by atoms with Gasteiger partial charge < -0.3 is 15.2 Å². The monoisotopic (exact) mass is 327 g/mol. The summed E-state index contributed by atoms with van der Waals surface area (Å²) in [6.45, 7) is 1.85. The van der Waals surface area contributed by atoms with Gasteiger partial charge in [0.2, 0.25) is 0 Å². The molecule has 122 valence electrons. The molecule has 1 amide bonds. The zero-order valence-electron chi connectivity index (χ0n) is 12.8. The molecule has 0 saturated carbocycles. The van der Waals surface area contributed by atoms with Crippen molar-refractivity contribution >= 4 is 17.5 Å². The molecule has 24 heavy (non-hydrogen) atoms. The summed E-state index contributed by atoms with van der Waals surface area (Å²) in [7, 11) is 0. The number of aryl methyl sites for hydroxylation is 1. The van der Waals surface area contributed by atoms with Gasteiger partial charge in [-0.1, -0.05) is 23.4 Å². The number of carbonyl (C=O) groups excluding carboxylic acids is 1. The molecular weight excluding hydrogens is 313 g/mol. The number of rotatable bonds is 5. The van der Waals surface area contributed by atoms with Crippen molar-refractivity contribution in [1.82, 2.24) is 20.7 Å². The van der Waals surface area contributed by atoms with E-state index >= 15 is 0 Å². The number of aromatic nitrogens is 3. The second-order valence-electron chi connectivity index (χ2n) is 5.03. The smallest absolute Gasteiger partial charge is 0.272 e. The van der Waals surface area contributed by atoms with Crippen molar-refractivity contribution in [3.63, 3.8) is 0 Å². The molecule has 0 aliphatic carbocycles. The van der Waals surface area contributed by atoms with Gasteiger partial charge in [0, 0.05) is 18.2 Å². The molecule has 0 unspecified atom stereocenters. The van der Waals surface area contributed by atoms with E-state index in [1.54, 1.807) is 37.3 Å². The summed E-state index contributed by atoms with van der Waals surface area (Å²) in [5, 5.41) is 17.0. The van der Waals surface area contributed by atoms with E-state index in [9.17, 15) is 9.18 Å².